The summed E-state index contributed by atoms with van der Waals surface area (Å²) < 4.78 is 5.27. The molecule has 0 aromatic heterocycles. The number of nitrogens with one attached hydrogen (secondary N) is 1. The Labute approximate surface area is 131 Å². The lowest BCUT2D eigenvalue weighted by Crippen LogP contribution is -2.28. The van der Waals surface area contributed by atoms with E-state index in [1.807, 2.05) is 0 Å². The summed E-state index contributed by atoms with van der Waals surface area (Å²) in [5.74, 6) is 0.111. The fourth-order valence-electron chi connectivity index (χ4n) is 2.98. The second-order valence-corrected chi connectivity index (χ2v) is 7.66. The van der Waals surface area contributed by atoms with Crippen LogP contribution >= 0.6 is 0 Å². The number of hydrogen-bond acceptors (Lipinski definition) is 4. The van der Waals surface area contributed by atoms with Crippen LogP contribution in [0.1, 0.15) is 46.6 Å². The minimum absolute atomic E-state index is 0.0353. The molecular formula is C17H25NO4. The van der Waals surface area contributed by atoms with Gasteiger partial charge in [-0.25, -0.2) is 4.79 Å². The number of benzene rings is 1. The molecule has 1 aromatic rings. The number of phenols is 1. The molecule has 1 atom stereocenters. The van der Waals surface area contributed by atoms with Crippen LogP contribution in [0, 0.1) is 5.41 Å². The van der Waals surface area contributed by atoms with Crippen LogP contribution < -0.4 is 5.32 Å². The first kappa shape index (κ1) is 16.6. The topological polar surface area (TPSA) is 78.8 Å². The van der Waals surface area contributed by atoms with E-state index in [9.17, 15) is 15.0 Å². The average Bonchev–Trinajstić information content (AvgIpc) is 2.92. The van der Waals surface area contributed by atoms with E-state index in [4.69, 9.17) is 4.74 Å². The molecule has 1 fully saturated rings. The van der Waals surface area contributed by atoms with Crippen LogP contribution in [0.25, 0.3) is 0 Å². The molecule has 3 N–H and O–H groups in total. The maximum atomic E-state index is 12.0. The van der Waals surface area contributed by atoms with Gasteiger partial charge in [0.05, 0.1) is 6.61 Å². The summed E-state index contributed by atoms with van der Waals surface area (Å²) in [5, 5.41) is 22.4. The average molecular weight is 307 g/mol. The predicted octanol–water partition coefficient (Wildman–Crippen LogP) is 3.40. The molecule has 122 valence electrons. The van der Waals surface area contributed by atoms with E-state index in [1.165, 1.54) is 6.07 Å². The molecule has 1 aromatic carbocycles. The summed E-state index contributed by atoms with van der Waals surface area (Å²) in [6.07, 6.45) is 0.245. The number of aromatic hydroxyl groups is 1. The molecule has 0 spiro atoms. The van der Waals surface area contributed by atoms with Crippen LogP contribution in [-0.2, 0) is 10.2 Å². The van der Waals surface area contributed by atoms with Crippen LogP contribution in [0.3, 0.4) is 0 Å². The number of aliphatic hydroxyl groups is 1. The summed E-state index contributed by atoms with van der Waals surface area (Å²) in [6, 6.07) is 4.76. The molecule has 2 rings (SSSR count). The van der Waals surface area contributed by atoms with E-state index in [1.54, 1.807) is 32.9 Å². The minimum Gasteiger partial charge on any atom is -0.508 e. The van der Waals surface area contributed by atoms with Gasteiger partial charge in [-0.1, -0.05) is 13.8 Å². The maximum absolute atomic E-state index is 12.0. The molecule has 1 aliphatic carbocycles. The zero-order valence-electron chi connectivity index (χ0n) is 13.9. The molecule has 1 unspecified atom stereocenters. The molecule has 22 heavy (non-hydrogen) atoms. The Kier molecular flexibility index (Phi) is 3.90. The monoisotopic (exact) mass is 307 g/mol. The molecular weight excluding hydrogens is 282 g/mol. The molecule has 5 nitrogen and oxygen atoms in total. The van der Waals surface area contributed by atoms with Gasteiger partial charge in [0, 0.05) is 11.1 Å². The fraction of sp³-hybridized carbons (Fsp3) is 0.588. The number of carbonyl (C=O) groups is 1. The normalized spacial score (nSPS) is 23.0. The SMILES string of the molecule is CC(C)(C)OC(=O)Nc1ccc(O)cc1C1(CO)CC1(C)C. The van der Waals surface area contributed by atoms with Crippen molar-refractivity contribution in [1.82, 2.24) is 0 Å². The van der Waals surface area contributed by atoms with Crippen molar-refractivity contribution in [2.75, 3.05) is 11.9 Å². The van der Waals surface area contributed by atoms with Crippen molar-refractivity contribution < 1.29 is 19.7 Å². The molecule has 0 saturated heterocycles. The molecule has 0 aliphatic heterocycles. The van der Waals surface area contributed by atoms with E-state index >= 15 is 0 Å². The van der Waals surface area contributed by atoms with Gasteiger partial charge in [-0.2, -0.15) is 0 Å². The molecule has 1 amide bonds. The lowest BCUT2D eigenvalue weighted by atomic mass is 9.87. The largest absolute Gasteiger partial charge is 0.508 e. The fourth-order valence-corrected chi connectivity index (χ4v) is 2.98. The second kappa shape index (κ2) is 5.16. The predicted molar refractivity (Wildman–Crippen MR) is 85.1 cm³/mol. The third-order valence-electron chi connectivity index (χ3n) is 4.34. The Morgan fingerprint density at radius 3 is 2.41 bits per heavy atom. The minimum atomic E-state index is -0.589. The zero-order chi connectivity index (χ0) is 16.8. The number of ether oxygens (including phenoxy) is 1. The summed E-state index contributed by atoms with van der Waals surface area (Å²) in [4.78, 5) is 12.0. The first-order chi connectivity index (χ1) is 10.0. The summed E-state index contributed by atoms with van der Waals surface area (Å²) >= 11 is 0. The Balaban J connectivity index is 2.32. The van der Waals surface area contributed by atoms with Crippen molar-refractivity contribution in [1.29, 1.82) is 0 Å². The van der Waals surface area contributed by atoms with Gasteiger partial charge < -0.3 is 14.9 Å². The van der Waals surface area contributed by atoms with Gasteiger partial charge in [0.15, 0.2) is 0 Å². The van der Waals surface area contributed by atoms with Crippen LogP contribution in [0.4, 0.5) is 10.5 Å². The van der Waals surface area contributed by atoms with Gasteiger partial charge in [-0.3, -0.25) is 5.32 Å². The Hall–Kier alpha value is -1.75. The number of carbonyl (C=O) groups excluding carboxylic acids is 1. The van der Waals surface area contributed by atoms with E-state index in [2.05, 4.69) is 19.2 Å². The number of rotatable bonds is 3. The Morgan fingerprint density at radius 1 is 1.36 bits per heavy atom. The molecule has 1 aliphatic rings. The van der Waals surface area contributed by atoms with Crippen molar-refractivity contribution in [2.24, 2.45) is 5.41 Å². The van der Waals surface area contributed by atoms with E-state index in [-0.39, 0.29) is 17.8 Å². The lowest BCUT2D eigenvalue weighted by Gasteiger charge is -2.24. The third kappa shape index (κ3) is 3.04. The first-order valence-corrected chi connectivity index (χ1v) is 7.45. The second-order valence-electron chi connectivity index (χ2n) is 7.66. The van der Waals surface area contributed by atoms with Gasteiger partial charge in [0.25, 0.3) is 0 Å². The van der Waals surface area contributed by atoms with Gasteiger partial charge in [0.2, 0.25) is 0 Å². The van der Waals surface area contributed by atoms with Gasteiger partial charge >= 0.3 is 6.09 Å². The number of hydrogen-bond donors (Lipinski definition) is 3. The van der Waals surface area contributed by atoms with Crippen LogP contribution in [0.2, 0.25) is 0 Å². The van der Waals surface area contributed by atoms with Crippen molar-refractivity contribution in [2.45, 2.75) is 52.1 Å². The first-order valence-electron chi connectivity index (χ1n) is 7.45. The molecule has 0 heterocycles. The van der Waals surface area contributed by atoms with Gasteiger partial charge in [0.1, 0.15) is 11.4 Å². The molecule has 0 radical (unpaired) electrons. The number of phenolic OH excluding ortho intramolecular Hbond substituents is 1. The number of amides is 1. The summed E-state index contributed by atoms with van der Waals surface area (Å²) in [5.41, 5.74) is 0.183. The molecule has 0 bridgehead atoms. The maximum Gasteiger partial charge on any atom is 0.412 e. The number of aliphatic hydroxyl groups excluding tert-OH is 1. The smallest absolute Gasteiger partial charge is 0.412 e. The third-order valence-corrected chi connectivity index (χ3v) is 4.34. The van der Waals surface area contributed by atoms with Crippen LogP contribution in [0.15, 0.2) is 18.2 Å². The summed E-state index contributed by atoms with van der Waals surface area (Å²) in [7, 11) is 0. The quantitative estimate of drug-likeness (QED) is 0.748. The highest BCUT2D eigenvalue weighted by molar-refractivity contribution is 5.86. The lowest BCUT2D eigenvalue weighted by molar-refractivity contribution is 0.0635. The highest BCUT2D eigenvalue weighted by atomic mass is 16.6. The standard InChI is InChI=1S/C17H25NO4/c1-15(2,3)22-14(21)18-13-7-6-11(20)8-12(13)17(10-19)9-16(17,4)5/h6-8,19-20H,9-10H2,1-5H3,(H,18,21). The number of anilines is 1. The Bertz CT molecular complexity index is 589. The van der Waals surface area contributed by atoms with Crippen LogP contribution in [0.5, 0.6) is 5.75 Å². The van der Waals surface area contributed by atoms with Gasteiger partial charge in [-0.15, -0.1) is 0 Å². The highest BCUT2D eigenvalue weighted by Gasteiger charge is 2.62. The summed E-state index contributed by atoms with van der Waals surface area (Å²) in [6.45, 7) is 9.47. The van der Waals surface area contributed by atoms with Gasteiger partial charge in [-0.05, 0) is 56.4 Å². The molecule has 5 heteroatoms. The van der Waals surface area contributed by atoms with Crippen molar-refractivity contribution >= 4 is 11.8 Å². The van der Waals surface area contributed by atoms with Crippen molar-refractivity contribution in [3.63, 3.8) is 0 Å². The highest BCUT2D eigenvalue weighted by Crippen LogP contribution is 2.65. The van der Waals surface area contributed by atoms with Crippen molar-refractivity contribution in [3.8, 4) is 5.75 Å². The Morgan fingerprint density at radius 2 is 1.95 bits per heavy atom. The zero-order valence-corrected chi connectivity index (χ0v) is 13.9. The van der Waals surface area contributed by atoms with E-state index < -0.39 is 17.1 Å². The van der Waals surface area contributed by atoms with E-state index in [0.717, 1.165) is 12.0 Å². The van der Waals surface area contributed by atoms with Crippen LogP contribution in [-0.4, -0.2) is 28.5 Å². The molecule has 1 saturated carbocycles. The van der Waals surface area contributed by atoms with E-state index in [0.29, 0.717) is 5.69 Å². The van der Waals surface area contributed by atoms with Crippen molar-refractivity contribution in [3.05, 3.63) is 23.8 Å².